The topological polar surface area (TPSA) is 59.4 Å². The standard InChI is InChI=1S/C18H25ClN4O2/c1-4-16(17-9-10-20-22(17)2)21-18(24)23(11-12-25-3)13-14-7-5-6-8-15(14)19/h5-10,16H,4,11-13H2,1-3H3,(H,21,24)/t16-/m1/s1. The Morgan fingerprint density at radius 1 is 1.40 bits per heavy atom. The van der Waals surface area contributed by atoms with Gasteiger partial charge < -0.3 is 15.0 Å². The highest BCUT2D eigenvalue weighted by atomic mass is 35.5. The third-order valence-electron chi connectivity index (χ3n) is 4.09. The van der Waals surface area contributed by atoms with Crippen LogP contribution in [-0.2, 0) is 18.3 Å². The van der Waals surface area contributed by atoms with Crippen molar-refractivity contribution in [2.75, 3.05) is 20.3 Å². The smallest absolute Gasteiger partial charge is 0.318 e. The van der Waals surface area contributed by atoms with Crippen LogP contribution in [0.1, 0.15) is 30.6 Å². The molecule has 2 rings (SSSR count). The largest absolute Gasteiger partial charge is 0.383 e. The van der Waals surface area contributed by atoms with E-state index in [0.717, 1.165) is 17.7 Å². The number of amides is 2. The maximum atomic E-state index is 12.8. The van der Waals surface area contributed by atoms with Gasteiger partial charge in [0.1, 0.15) is 0 Å². The number of nitrogens with zero attached hydrogens (tertiary/aromatic N) is 3. The number of carbonyl (C=O) groups excluding carboxylic acids is 1. The first kappa shape index (κ1) is 19.3. The minimum Gasteiger partial charge on any atom is -0.383 e. The lowest BCUT2D eigenvalue weighted by atomic mass is 10.1. The van der Waals surface area contributed by atoms with Crippen molar-refractivity contribution in [1.82, 2.24) is 20.0 Å². The number of halogens is 1. The Kier molecular flexibility index (Phi) is 7.28. The van der Waals surface area contributed by atoms with Gasteiger partial charge in [-0.2, -0.15) is 5.10 Å². The van der Waals surface area contributed by atoms with Gasteiger partial charge in [-0.15, -0.1) is 0 Å². The molecule has 2 amide bonds. The highest BCUT2D eigenvalue weighted by Gasteiger charge is 2.20. The second kappa shape index (κ2) is 9.44. The SMILES string of the molecule is CC[C@@H](NC(=O)N(CCOC)Cc1ccccc1Cl)c1ccnn1C. The maximum Gasteiger partial charge on any atom is 0.318 e. The molecule has 0 saturated carbocycles. The minimum absolute atomic E-state index is 0.101. The Morgan fingerprint density at radius 2 is 2.16 bits per heavy atom. The van der Waals surface area contributed by atoms with Crippen LogP contribution in [0.2, 0.25) is 5.02 Å². The first-order chi connectivity index (χ1) is 12.1. The summed E-state index contributed by atoms with van der Waals surface area (Å²) in [6, 6.07) is 9.21. The molecule has 2 aromatic rings. The van der Waals surface area contributed by atoms with Crippen molar-refractivity contribution < 1.29 is 9.53 Å². The van der Waals surface area contributed by atoms with Gasteiger partial charge in [-0.25, -0.2) is 4.79 Å². The highest BCUT2D eigenvalue weighted by Crippen LogP contribution is 2.19. The van der Waals surface area contributed by atoms with Crippen LogP contribution in [0.5, 0.6) is 0 Å². The fourth-order valence-corrected chi connectivity index (χ4v) is 2.83. The van der Waals surface area contributed by atoms with Gasteiger partial charge in [0.15, 0.2) is 0 Å². The van der Waals surface area contributed by atoms with E-state index >= 15 is 0 Å². The molecule has 1 aromatic heterocycles. The summed E-state index contributed by atoms with van der Waals surface area (Å²) in [6.07, 6.45) is 2.51. The maximum absolute atomic E-state index is 12.8. The van der Waals surface area contributed by atoms with Crippen molar-refractivity contribution >= 4 is 17.6 Å². The molecule has 0 aliphatic rings. The molecular formula is C18H25ClN4O2. The molecule has 136 valence electrons. The molecule has 6 nitrogen and oxygen atoms in total. The number of methoxy groups -OCH3 is 1. The van der Waals surface area contributed by atoms with Gasteiger partial charge in [-0.3, -0.25) is 4.68 Å². The first-order valence-corrected chi connectivity index (χ1v) is 8.70. The van der Waals surface area contributed by atoms with Gasteiger partial charge >= 0.3 is 6.03 Å². The number of rotatable bonds is 8. The molecule has 7 heteroatoms. The Bertz CT molecular complexity index is 689. The molecule has 1 heterocycles. The summed E-state index contributed by atoms with van der Waals surface area (Å²) in [5.41, 5.74) is 1.88. The van der Waals surface area contributed by atoms with Crippen LogP contribution in [0.3, 0.4) is 0 Å². The normalized spacial score (nSPS) is 12.0. The molecule has 0 aliphatic carbocycles. The number of ether oxygens (including phenoxy) is 1. The summed E-state index contributed by atoms with van der Waals surface area (Å²) in [4.78, 5) is 14.5. The van der Waals surface area contributed by atoms with E-state index in [4.69, 9.17) is 16.3 Å². The molecule has 0 aliphatic heterocycles. The van der Waals surface area contributed by atoms with E-state index < -0.39 is 0 Å². The number of urea groups is 1. The lowest BCUT2D eigenvalue weighted by Crippen LogP contribution is -2.43. The Hall–Kier alpha value is -2.05. The number of aromatic nitrogens is 2. The van der Waals surface area contributed by atoms with E-state index in [-0.39, 0.29) is 12.1 Å². The molecule has 25 heavy (non-hydrogen) atoms. The van der Waals surface area contributed by atoms with Crippen molar-refractivity contribution in [1.29, 1.82) is 0 Å². The van der Waals surface area contributed by atoms with Crippen molar-refractivity contribution in [3.8, 4) is 0 Å². The van der Waals surface area contributed by atoms with Crippen LogP contribution in [0.15, 0.2) is 36.5 Å². The number of hydrogen-bond acceptors (Lipinski definition) is 3. The molecule has 1 N–H and O–H groups in total. The fraction of sp³-hybridized carbons (Fsp3) is 0.444. The third kappa shape index (κ3) is 5.21. The third-order valence-corrected chi connectivity index (χ3v) is 4.46. The lowest BCUT2D eigenvalue weighted by molar-refractivity contribution is 0.144. The van der Waals surface area contributed by atoms with Crippen molar-refractivity contribution in [3.63, 3.8) is 0 Å². The second-order valence-electron chi connectivity index (χ2n) is 5.80. The van der Waals surface area contributed by atoms with E-state index in [9.17, 15) is 4.79 Å². The Balaban J connectivity index is 2.12. The van der Waals surface area contributed by atoms with Crippen LogP contribution < -0.4 is 5.32 Å². The zero-order chi connectivity index (χ0) is 18.2. The summed E-state index contributed by atoms with van der Waals surface area (Å²) in [5, 5.41) is 7.92. The first-order valence-electron chi connectivity index (χ1n) is 8.32. The molecule has 0 bridgehead atoms. The summed E-state index contributed by atoms with van der Waals surface area (Å²) >= 11 is 6.24. The summed E-state index contributed by atoms with van der Waals surface area (Å²) in [5.74, 6) is 0. The predicted molar refractivity (Wildman–Crippen MR) is 98.5 cm³/mol. The summed E-state index contributed by atoms with van der Waals surface area (Å²) in [6.45, 7) is 3.40. The second-order valence-corrected chi connectivity index (χ2v) is 6.20. The van der Waals surface area contributed by atoms with Crippen molar-refractivity contribution in [2.45, 2.75) is 25.9 Å². The van der Waals surface area contributed by atoms with Crippen molar-refractivity contribution in [2.24, 2.45) is 7.05 Å². The van der Waals surface area contributed by atoms with Gasteiger partial charge in [0.25, 0.3) is 0 Å². The number of benzene rings is 1. The molecule has 0 saturated heterocycles. The van der Waals surface area contributed by atoms with Crippen LogP contribution in [0.4, 0.5) is 4.79 Å². The highest BCUT2D eigenvalue weighted by molar-refractivity contribution is 6.31. The van der Waals surface area contributed by atoms with E-state index in [1.165, 1.54) is 0 Å². The van der Waals surface area contributed by atoms with Gasteiger partial charge in [-0.05, 0) is 24.1 Å². The molecule has 0 radical (unpaired) electrons. The quantitative estimate of drug-likeness (QED) is 0.781. The van der Waals surface area contributed by atoms with Gasteiger partial charge in [-0.1, -0.05) is 36.7 Å². The zero-order valence-electron chi connectivity index (χ0n) is 14.9. The van der Waals surface area contributed by atoms with E-state index in [0.29, 0.717) is 24.7 Å². The van der Waals surface area contributed by atoms with Gasteiger partial charge in [0.2, 0.25) is 0 Å². The molecule has 0 fully saturated rings. The van der Waals surface area contributed by atoms with Gasteiger partial charge in [0.05, 0.1) is 18.3 Å². The average molecular weight is 365 g/mol. The minimum atomic E-state index is -0.148. The predicted octanol–water partition coefficient (Wildman–Crippen LogP) is 3.38. The molecule has 0 spiro atoms. The van der Waals surface area contributed by atoms with E-state index in [1.54, 1.807) is 22.9 Å². The summed E-state index contributed by atoms with van der Waals surface area (Å²) < 4.78 is 6.92. The summed E-state index contributed by atoms with van der Waals surface area (Å²) in [7, 11) is 3.49. The number of aryl methyl sites for hydroxylation is 1. The fourth-order valence-electron chi connectivity index (χ4n) is 2.64. The number of carbonyl (C=O) groups is 1. The van der Waals surface area contributed by atoms with Crippen LogP contribution in [0.25, 0.3) is 0 Å². The molecule has 1 atom stereocenters. The Morgan fingerprint density at radius 3 is 2.76 bits per heavy atom. The van der Waals surface area contributed by atoms with Crippen LogP contribution in [-0.4, -0.2) is 41.0 Å². The van der Waals surface area contributed by atoms with Crippen LogP contribution in [0, 0.1) is 0 Å². The number of nitrogens with one attached hydrogen (secondary N) is 1. The van der Waals surface area contributed by atoms with E-state index in [1.807, 2.05) is 44.3 Å². The average Bonchev–Trinajstić information content (AvgIpc) is 3.03. The zero-order valence-corrected chi connectivity index (χ0v) is 15.7. The monoisotopic (exact) mass is 364 g/mol. The lowest BCUT2D eigenvalue weighted by Gasteiger charge is -2.26. The molecule has 0 unspecified atom stereocenters. The van der Waals surface area contributed by atoms with Crippen molar-refractivity contribution in [3.05, 3.63) is 52.8 Å². The van der Waals surface area contributed by atoms with E-state index in [2.05, 4.69) is 10.4 Å². The van der Waals surface area contributed by atoms with Crippen LogP contribution >= 0.6 is 11.6 Å². The van der Waals surface area contributed by atoms with Gasteiger partial charge in [0, 0.05) is 38.5 Å². The molecule has 1 aromatic carbocycles. The Labute approximate surface area is 153 Å². The number of hydrogen-bond donors (Lipinski definition) is 1. The molecular weight excluding hydrogens is 340 g/mol.